The van der Waals surface area contributed by atoms with E-state index in [1.165, 1.54) is 0 Å². The summed E-state index contributed by atoms with van der Waals surface area (Å²) >= 11 is 6.07. The van der Waals surface area contributed by atoms with Crippen LogP contribution >= 0.6 is 11.6 Å². The number of ether oxygens (including phenoxy) is 1. The zero-order valence-electron chi connectivity index (χ0n) is 10.2. The van der Waals surface area contributed by atoms with Crippen molar-refractivity contribution in [3.8, 4) is 0 Å². The molecule has 1 aromatic carbocycles. The van der Waals surface area contributed by atoms with Crippen LogP contribution in [-0.4, -0.2) is 25.8 Å². The lowest BCUT2D eigenvalue weighted by molar-refractivity contribution is 0.0821. The molecular weight excluding hydrogens is 236 g/mol. The van der Waals surface area contributed by atoms with Crippen molar-refractivity contribution in [2.75, 3.05) is 24.6 Å². The Morgan fingerprint density at radius 2 is 2.35 bits per heavy atom. The molecule has 1 saturated heterocycles. The van der Waals surface area contributed by atoms with E-state index in [4.69, 9.17) is 22.1 Å². The quantitative estimate of drug-likeness (QED) is 0.881. The molecule has 0 aliphatic carbocycles. The van der Waals surface area contributed by atoms with Crippen LogP contribution in [-0.2, 0) is 11.3 Å². The first-order chi connectivity index (χ1) is 8.20. The zero-order valence-corrected chi connectivity index (χ0v) is 10.9. The van der Waals surface area contributed by atoms with E-state index < -0.39 is 0 Å². The molecule has 0 radical (unpaired) electrons. The lowest BCUT2D eigenvalue weighted by Gasteiger charge is -2.26. The summed E-state index contributed by atoms with van der Waals surface area (Å²) in [5.74, 6) is 0. The molecule has 2 rings (SSSR count). The van der Waals surface area contributed by atoms with Gasteiger partial charge in [-0.3, -0.25) is 0 Å². The Morgan fingerprint density at radius 1 is 1.53 bits per heavy atom. The third-order valence-electron chi connectivity index (χ3n) is 3.06. The van der Waals surface area contributed by atoms with Gasteiger partial charge in [-0.25, -0.2) is 0 Å². The number of rotatable bonds is 2. The maximum absolute atomic E-state index is 6.07. The average Bonchev–Trinajstić information content (AvgIpc) is 2.54. The lowest BCUT2D eigenvalue weighted by atomic mass is 10.1. The molecule has 0 spiro atoms. The minimum Gasteiger partial charge on any atom is -0.377 e. The summed E-state index contributed by atoms with van der Waals surface area (Å²) in [5, 5.41) is 0.759. The zero-order chi connectivity index (χ0) is 12.3. The van der Waals surface area contributed by atoms with Gasteiger partial charge < -0.3 is 15.4 Å². The van der Waals surface area contributed by atoms with Crippen LogP contribution in [0.4, 0.5) is 5.69 Å². The first-order valence-electron chi connectivity index (χ1n) is 6.05. The molecule has 17 heavy (non-hydrogen) atoms. The van der Waals surface area contributed by atoms with E-state index in [1.807, 2.05) is 18.2 Å². The van der Waals surface area contributed by atoms with Gasteiger partial charge in [0.1, 0.15) is 0 Å². The third kappa shape index (κ3) is 3.12. The second-order valence-electron chi connectivity index (χ2n) is 4.46. The summed E-state index contributed by atoms with van der Waals surface area (Å²) < 4.78 is 5.65. The van der Waals surface area contributed by atoms with Gasteiger partial charge in [0, 0.05) is 37.0 Å². The topological polar surface area (TPSA) is 38.5 Å². The van der Waals surface area contributed by atoms with E-state index in [9.17, 15) is 0 Å². The van der Waals surface area contributed by atoms with Crippen molar-refractivity contribution in [1.82, 2.24) is 0 Å². The van der Waals surface area contributed by atoms with E-state index in [-0.39, 0.29) is 6.10 Å². The summed E-state index contributed by atoms with van der Waals surface area (Å²) in [6.45, 7) is 5.37. The molecule has 1 atom stereocenters. The Morgan fingerprint density at radius 3 is 3.12 bits per heavy atom. The van der Waals surface area contributed by atoms with Crippen LogP contribution < -0.4 is 10.6 Å². The van der Waals surface area contributed by atoms with Crippen LogP contribution in [0.1, 0.15) is 18.9 Å². The number of nitrogens with zero attached hydrogens (tertiary/aromatic N) is 1. The largest absolute Gasteiger partial charge is 0.377 e. The summed E-state index contributed by atoms with van der Waals surface area (Å²) in [6.07, 6.45) is 1.29. The molecule has 1 aliphatic rings. The van der Waals surface area contributed by atoms with Crippen LogP contribution in [0, 0.1) is 0 Å². The van der Waals surface area contributed by atoms with Gasteiger partial charge in [-0.2, -0.15) is 0 Å². The SMILES string of the molecule is CC1CN(c2cc(Cl)ccc2CN)CCCO1. The van der Waals surface area contributed by atoms with E-state index in [2.05, 4.69) is 11.8 Å². The fraction of sp³-hybridized carbons (Fsp3) is 0.538. The van der Waals surface area contributed by atoms with E-state index in [1.54, 1.807) is 0 Å². The predicted molar refractivity (Wildman–Crippen MR) is 71.6 cm³/mol. The van der Waals surface area contributed by atoms with Gasteiger partial charge in [0.15, 0.2) is 0 Å². The fourth-order valence-electron chi connectivity index (χ4n) is 2.22. The van der Waals surface area contributed by atoms with Crippen molar-refractivity contribution >= 4 is 17.3 Å². The van der Waals surface area contributed by atoms with Crippen molar-refractivity contribution in [1.29, 1.82) is 0 Å². The molecule has 1 fully saturated rings. The second-order valence-corrected chi connectivity index (χ2v) is 4.89. The molecule has 1 unspecified atom stereocenters. The maximum atomic E-state index is 6.07. The van der Waals surface area contributed by atoms with Crippen LogP contribution in [0.3, 0.4) is 0 Å². The smallest absolute Gasteiger partial charge is 0.0721 e. The Labute approximate surface area is 107 Å². The number of hydrogen-bond acceptors (Lipinski definition) is 3. The highest BCUT2D eigenvalue weighted by Gasteiger charge is 2.17. The number of hydrogen-bond donors (Lipinski definition) is 1. The highest BCUT2D eigenvalue weighted by molar-refractivity contribution is 6.30. The van der Waals surface area contributed by atoms with E-state index in [0.29, 0.717) is 6.54 Å². The van der Waals surface area contributed by atoms with Crippen LogP contribution in [0.25, 0.3) is 0 Å². The molecule has 0 aromatic heterocycles. The van der Waals surface area contributed by atoms with E-state index >= 15 is 0 Å². The molecule has 1 heterocycles. The second kappa shape index (κ2) is 5.71. The molecular formula is C13H19ClN2O. The van der Waals surface area contributed by atoms with Gasteiger partial charge in [0.05, 0.1) is 6.10 Å². The number of anilines is 1. The highest BCUT2D eigenvalue weighted by Crippen LogP contribution is 2.26. The first-order valence-corrected chi connectivity index (χ1v) is 6.43. The number of halogens is 1. The van der Waals surface area contributed by atoms with Crippen LogP contribution in [0.2, 0.25) is 5.02 Å². The van der Waals surface area contributed by atoms with Crippen LogP contribution in [0.15, 0.2) is 18.2 Å². The predicted octanol–water partition coefficient (Wildman–Crippen LogP) is 2.41. The van der Waals surface area contributed by atoms with Crippen LogP contribution in [0.5, 0.6) is 0 Å². The van der Waals surface area contributed by atoms with Crippen molar-refractivity contribution in [3.63, 3.8) is 0 Å². The van der Waals surface area contributed by atoms with Crippen molar-refractivity contribution < 1.29 is 4.74 Å². The summed E-state index contributed by atoms with van der Waals surface area (Å²) in [4.78, 5) is 2.33. The highest BCUT2D eigenvalue weighted by atomic mass is 35.5. The van der Waals surface area contributed by atoms with Gasteiger partial charge in [-0.1, -0.05) is 17.7 Å². The molecule has 1 aliphatic heterocycles. The Kier molecular flexibility index (Phi) is 4.26. The molecule has 3 nitrogen and oxygen atoms in total. The van der Waals surface area contributed by atoms with Crippen molar-refractivity contribution in [3.05, 3.63) is 28.8 Å². The molecule has 0 saturated carbocycles. The van der Waals surface area contributed by atoms with E-state index in [0.717, 1.165) is 42.4 Å². The van der Waals surface area contributed by atoms with Gasteiger partial charge in [-0.05, 0) is 31.0 Å². The Balaban J connectivity index is 2.27. The third-order valence-corrected chi connectivity index (χ3v) is 3.30. The van der Waals surface area contributed by atoms with Gasteiger partial charge in [0.25, 0.3) is 0 Å². The summed E-state index contributed by atoms with van der Waals surface area (Å²) in [5.41, 5.74) is 8.07. The van der Waals surface area contributed by atoms with Gasteiger partial charge in [0.2, 0.25) is 0 Å². The number of benzene rings is 1. The average molecular weight is 255 g/mol. The molecule has 4 heteroatoms. The first kappa shape index (κ1) is 12.7. The molecule has 94 valence electrons. The maximum Gasteiger partial charge on any atom is 0.0721 e. The minimum atomic E-state index is 0.252. The normalized spacial score (nSPS) is 21.4. The standard InChI is InChI=1S/C13H19ClN2O/c1-10-9-16(5-2-6-17-10)13-7-12(14)4-3-11(13)8-15/h3-4,7,10H,2,5-6,8-9,15H2,1H3. The molecule has 2 N–H and O–H groups in total. The summed E-state index contributed by atoms with van der Waals surface area (Å²) in [7, 11) is 0. The minimum absolute atomic E-state index is 0.252. The van der Waals surface area contributed by atoms with Crippen molar-refractivity contribution in [2.45, 2.75) is 26.0 Å². The molecule has 0 bridgehead atoms. The fourth-order valence-corrected chi connectivity index (χ4v) is 2.38. The Bertz CT molecular complexity index is 384. The molecule has 1 aromatic rings. The lowest BCUT2D eigenvalue weighted by Crippen LogP contribution is -2.31. The summed E-state index contributed by atoms with van der Waals surface area (Å²) in [6, 6.07) is 5.90. The Hall–Kier alpha value is -0.770. The molecule has 0 amide bonds. The van der Waals surface area contributed by atoms with Gasteiger partial charge in [-0.15, -0.1) is 0 Å². The number of nitrogens with two attached hydrogens (primary N) is 1. The van der Waals surface area contributed by atoms with Gasteiger partial charge >= 0.3 is 0 Å². The van der Waals surface area contributed by atoms with Crippen molar-refractivity contribution in [2.24, 2.45) is 5.73 Å². The monoisotopic (exact) mass is 254 g/mol.